The second-order valence-corrected chi connectivity index (χ2v) is 6.70. The van der Waals surface area contributed by atoms with Crippen LogP contribution in [0.3, 0.4) is 0 Å². The molecule has 126 valence electrons. The average molecular weight is 319 g/mol. The Bertz CT molecular complexity index is 545. The minimum atomic E-state index is -0.877. The van der Waals surface area contributed by atoms with Crippen LogP contribution in [0, 0.1) is 17.3 Å². The number of aliphatic carboxylic acids is 1. The van der Waals surface area contributed by atoms with E-state index < -0.39 is 17.5 Å². The van der Waals surface area contributed by atoms with Gasteiger partial charge in [-0.05, 0) is 36.7 Å². The fraction of sp³-hybridized carbons (Fsp3) is 0.556. The van der Waals surface area contributed by atoms with Crippen molar-refractivity contribution in [3.05, 3.63) is 35.9 Å². The molecule has 5 nitrogen and oxygen atoms in total. The molecule has 5 heteroatoms. The number of rotatable bonds is 5. The van der Waals surface area contributed by atoms with Crippen molar-refractivity contribution in [1.82, 2.24) is 5.32 Å². The molecule has 2 rings (SSSR count). The molecule has 3 unspecified atom stereocenters. The van der Waals surface area contributed by atoms with Gasteiger partial charge in [0.15, 0.2) is 0 Å². The van der Waals surface area contributed by atoms with Gasteiger partial charge in [0.25, 0.3) is 0 Å². The summed E-state index contributed by atoms with van der Waals surface area (Å²) in [7, 11) is 0. The molecule has 0 radical (unpaired) electrons. The van der Waals surface area contributed by atoms with Crippen LogP contribution in [0.1, 0.15) is 38.7 Å². The molecule has 3 atom stereocenters. The number of carboxylic acids is 1. The van der Waals surface area contributed by atoms with Crippen LogP contribution in [-0.2, 0) is 16.1 Å². The third-order valence-corrected chi connectivity index (χ3v) is 5.00. The van der Waals surface area contributed by atoms with Crippen LogP contribution in [0.15, 0.2) is 30.3 Å². The monoisotopic (exact) mass is 319 g/mol. The van der Waals surface area contributed by atoms with Crippen molar-refractivity contribution in [1.29, 1.82) is 0 Å². The molecule has 0 saturated heterocycles. The first-order valence-corrected chi connectivity index (χ1v) is 8.11. The molecule has 2 N–H and O–H groups in total. The van der Waals surface area contributed by atoms with Crippen LogP contribution in [0.2, 0.25) is 0 Å². The molecule has 1 saturated carbocycles. The number of carboxylic acid groups (broad SMARTS) is 1. The standard InChI is InChI=1S/C18H25NO4/c1-13-8-9-18(16(20)21,10-14(13)2)12-19-17(22)23-11-15-6-4-3-5-7-15/h3-7,13-14H,8-12H2,1-2H3,(H,19,22)(H,20,21). The second-order valence-electron chi connectivity index (χ2n) is 6.70. The van der Waals surface area contributed by atoms with Gasteiger partial charge in [0, 0.05) is 6.54 Å². The molecule has 1 aromatic carbocycles. The fourth-order valence-electron chi connectivity index (χ4n) is 3.15. The molecule has 0 bridgehead atoms. The Morgan fingerprint density at radius 2 is 1.96 bits per heavy atom. The van der Waals surface area contributed by atoms with Crippen molar-refractivity contribution in [2.24, 2.45) is 17.3 Å². The molecule has 1 aromatic rings. The topological polar surface area (TPSA) is 75.6 Å². The Hall–Kier alpha value is -2.04. The number of hydrogen-bond acceptors (Lipinski definition) is 3. The minimum absolute atomic E-state index is 0.118. The fourth-order valence-corrected chi connectivity index (χ4v) is 3.15. The van der Waals surface area contributed by atoms with Gasteiger partial charge in [-0.3, -0.25) is 4.79 Å². The van der Waals surface area contributed by atoms with Gasteiger partial charge in [0.1, 0.15) is 6.61 Å². The number of hydrogen-bond donors (Lipinski definition) is 2. The number of ether oxygens (including phenoxy) is 1. The molecule has 1 aliphatic rings. The summed E-state index contributed by atoms with van der Waals surface area (Å²) in [6.07, 6.45) is 1.48. The normalized spacial score (nSPS) is 27.2. The molecule has 1 aliphatic carbocycles. The summed E-state index contributed by atoms with van der Waals surface area (Å²) >= 11 is 0. The zero-order valence-electron chi connectivity index (χ0n) is 13.7. The first-order valence-electron chi connectivity index (χ1n) is 8.11. The summed E-state index contributed by atoms with van der Waals surface area (Å²) in [5, 5.41) is 12.3. The molecule has 0 spiro atoms. The van der Waals surface area contributed by atoms with Crippen LogP contribution in [0.25, 0.3) is 0 Å². The third-order valence-electron chi connectivity index (χ3n) is 5.00. The van der Waals surface area contributed by atoms with Gasteiger partial charge in [0.05, 0.1) is 5.41 Å². The van der Waals surface area contributed by atoms with Crippen LogP contribution in [0.5, 0.6) is 0 Å². The molecule has 0 aromatic heterocycles. The summed E-state index contributed by atoms with van der Waals surface area (Å²) in [5.74, 6) is 0.0223. The van der Waals surface area contributed by atoms with Crippen LogP contribution in [0.4, 0.5) is 4.79 Å². The highest BCUT2D eigenvalue weighted by Gasteiger charge is 2.44. The third kappa shape index (κ3) is 4.47. The smallest absolute Gasteiger partial charge is 0.407 e. The summed E-state index contributed by atoms with van der Waals surface area (Å²) in [6.45, 7) is 4.53. The van der Waals surface area contributed by atoms with E-state index in [0.717, 1.165) is 12.0 Å². The lowest BCUT2D eigenvalue weighted by atomic mass is 9.66. The average Bonchev–Trinajstić information content (AvgIpc) is 2.55. The second kappa shape index (κ2) is 7.49. The lowest BCUT2D eigenvalue weighted by molar-refractivity contribution is -0.152. The van der Waals surface area contributed by atoms with Crippen LogP contribution >= 0.6 is 0 Å². The first kappa shape index (κ1) is 17.3. The number of carbonyl (C=O) groups excluding carboxylic acids is 1. The van der Waals surface area contributed by atoms with Crippen molar-refractivity contribution in [3.63, 3.8) is 0 Å². The van der Waals surface area contributed by atoms with Crippen molar-refractivity contribution < 1.29 is 19.4 Å². The minimum Gasteiger partial charge on any atom is -0.481 e. The molecular weight excluding hydrogens is 294 g/mol. The van der Waals surface area contributed by atoms with Crippen molar-refractivity contribution in [2.75, 3.05) is 6.54 Å². The Morgan fingerprint density at radius 3 is 2.57 bits per heavy atom. The van der Waals surface area contributed by atoms with Gasteiger partial charge in [-0.25, -0.2) is 4.79 Å². The summed E-state index contributed by atoms with van der Waals surface area (Å²) in [6, 6.07) is 9.39. The molecule has 1 fully saturated rings. The van der Waals surface area contributed by atoms with E-state index in [9.17, 15) is 14.7 Å². The largest absolute Gasteiger partial charge is 0.481 e. The Balaban J connectivity index is 1.86. The van der Waals surface area contributed by atoms with Crippen molar-refractivity contribution in [3.8, 4) is 0 Å². The molecule has 23 heavy (non-hydrogen) atoms. The van der Waals surface area contributed by atoms with Gasteiger partial charge in [-0.2, -0.15) is 0 Å². The Morgan fingerprint density at radius 1 is 1.26 bits per heavy atom. The highest BCUT2D eigenvalue weighted by Crippen LogP contribution is 2.42. The number of amides is 1. The predicted molar refractivity (Wildman–Crippen MR) is 86.9 cm³/mol. The highest BCUT2D eigenvalue weighted by atomic mass is 16.5. The lowest BCUT2D eigenvalue weighted by Crippen LogP contribution is -2.47. The van der Waals surface area contributed by atoms with E-state index in [0.29, 0.717) is 24.7 Å². The maximum absolute atomic E-state index is 11.8. The highest BCUT2D eigenvalue weighted by molar-refractivity contribution is 5.76. The zero-order chi connectivity index (χ0) is 16.9. The summed E-state index contributed by atoms with van der Waals surface area (Å²) in [5.41, 5.74) is 0.0215. The van der Waals surface area contributed by atoms with E-state index >= 15 is 0 Å². The maximum atomic E-state index is 11.8. The lowest BCUT2D eigenvalue weighted by Gasteiger charge is -2.39. The quantitative estimate of drug-likeness (QED) is 0.871. The summed E-state index contributed by atoms with van der Waals surface area (Å²) < 4.78 is 5.15. The van der Waals surface area contributed by atoms with Gasteiger partial charge < -0.3 is 15.2 Å². The SMILES string of the molecule is CC1CCC(CNC(=O)OCc2ccccc2)(C(=O)O)CC1C. The van der Waals surface area contributed by atoms with Crippen LogP contribution < -0.4 is 5.32 Å². The molecule has 0 heterocycles. The van der Waals surface area contributed by atoms with E-state index in [1.165, 1.54) is 0 Å². The number of alkyl carbamates (subject to hydrolysis) is 1. The Labute approximate surface area is 137 Å². The van der Waals surface area contributed by atoms with Crippen molar-refractivity contribution >= 4 is 12.1 Å². The Kier molecular flexibility index (Phi) is 5.64. The van der Waals surface area contributed by atoms with Gasteiger partial charge in [-0.1, -0.05) is 44.2 Å². The van der Waals surface area contributed by atoms with Gasteiger partial charge in [-0.15, -0.1) is 0 Å². The molecule has 0 aliphatic heterocycles. The summed E-state index contributed by atoms with van der Waals surface area (Å²) in [4.78, 5) is 23.6. The van der Waals surface area contributed by atoms with Crippen molar-refractivity contribution in [2.45, 2.75) is 39.7 Å². The molecule has 1 amide bonds. The first-order chi connectivity index (χ1) is 10.9. The van der Waals surface area contributed by atoms with E-state index in [1.54, 1.807) is 0 Å². The van der Waals surface area contributed by atoms with E-state index in [4.69, 9.17) is 4.74 Å². The van der Waals surface area contributed by atoms with E-state index in [1.807, 2.05) is 30.3 Å². The number of nitrogens with one attached hydrogen (secondary N) is 1. The number of carbonyl (C=O) groups is 2. The number of benzene rings is 1. The van der Waals surface area contributed by atoms with Gasteiger partial charge in [0.2, 0.25) is 0 Å². The van der Waals surface area contributed by atoms with E-state index in [2.05, 4.69) is 19.2 Å². The molecular formula is C18H25NO4. The zero-order valence-corrected chi connectivity index (χ0v) is 13.7. The van der Waals surface area contributed by atoms with E-state index in [-0.39, 0.29) is 13.2 Å². The van der Waals surface area contributed by atoms with Gasteiger partial charge >= 0.3 is 12.1 Å². The van der Waals surface area contributed by atoms with Crippen LogP contribution in [-0.4, -0.2) is 23.7 Å². The predicted octanol–water partition coefficient (Wildman–Crippen LogP) is 3.44. The maximum Gasteiger partial charge on any atom is 0.407 e.